The van der Waals surface area contributed by atoms with Crippen molar-refractivity contribution in [1.82, 2.24) is 10.2 Å². The van der Waals surface area contributed by atoms with Crippen LogP contribution in [0.15, 0.2) is 84.9 Å². The van der Waals surface area contributed by atoms with Gasteiger partial charge in [-0.05, 0) is 84.0 Å². The van der Waals surface area contributed by atoms with Crippen molar-refractivity contribution >= 4 is 35.0 Å². The number of benzene rings is 4. The van der Waals surface area contributed by atoms with Gasteiger partial charge in [0, 0.05) is 36.8 Å². The van der Waals surface area contributed by atoms with Crippen molar-refractivity contribution in [3.8, 4) is 5.75 Å². The number of aliphatic hydroxyl groups is 2. The first-order valence-corrected chi connectivity index (χ1v) is 15.8. The number of nitrogens with two attached hydrogens (primary N) is 1. The Morgan fingerprint density at radius 3 is 2.30 bits per heavy atom. The molecule has 0 fully saturated rings. The summed E-state index contributed by atoms with van der Waals surface area (Å²) in [6, 6.07) is 25.0. The average molecular weight is 665 g/mol. The number of amides is 2. The van der Waals surface area contributed by atoms with E-state index in [1.54, 1.807) is 47.4 Å². The molecule has 0 radical (unpaired) electrons. The van der Waals surface area contributed by atoms with E-state index in [9.17, 15) is 24.9 Å². The van der Waals surface area contributed by atoms with Crippen LogP contribution in [0.25, 0.3) is 0 Å². The van der Waals surface area contributed by atoms with Crippen molar-refractivity contribution in [2.24, 2.45) is 5.73 Å². The zero-order valence-corrected chi connectivity index (χ0v) is 27.1. The van der Waals surface area contributed by atoms with E-state index in [1.807, 2.05) is 43.3 Å². The van der Waals surface area contributed by atoms with Gasteiger partial charge in [-0.1, -0.05) is 71.7 Å². The monoisotopic (exact) mass is 663 g/mol. The molecular formula is C36H39Cl2N3O5. The number of aromatic hydroxyl groups is 1. The molecule has 0 aliphatic heterocycles. The fraction of sp³-hybridized carbons (Fsp3) is 0.278. The quantitative estimate of drug-likeness (QED) is 0.116. The van der Waals surface area contributed by atoms with E-state index < -0.39 is 12.0 Å². The number of hydrogen-bond donors (Lipinski definition) is 5. The van der Waals surface area contributed by atoms with E-state index in [-0.39, 0.29) is 30.7 Å². The zero-order valence-electron chi connectivity index (χ0n) is 25.6. The Balaban J connectivity index is 1.39. The summed E-state index contributed by atoms with van der Waals surface area (Å²) in [5.41, 5.74) is 10.5. The summed E-state index contributed by atoms with van der Waals surface area (Å²) < 4.78 is 0. The molecule has 8 nitrogen and oxygen atoms in total. The third-order valence-electron chi connectivity index (χ3n) is 7.83. The van der Waals surface area contributed by atoms with Gasteiger partial charge in [-0.15, -0.1) is 0 Å². The molecular weight excluding hydrogens is 625 g/mol. The highest BCUT2D eigenvalue weighted by Gasteiger charge is 2.17. The van der Waals surface area contributed by atoms with E-state index in [2.05, 4.69) is 5.32 Å². The first kappa shape index (κ1) is 34.9. The Labute approximate surface area is 279 Å². The van der Waals surface area contributed by atoms with Gasteiger partial charge < -0.3 is 31.3 Å². The van der Waals surface area contributed by atoms with Crippen LogP contribution >= 0.6 is 23.2 Å². The minimum atomic E-state index is -0.806. The SMILES string of the molecule is C[C@H](Cc1cccc(CC(=O)N(CCc2ccc(Cl)c(Cl)c2)Cc2ccc(C(N)=O)cc2)c1)NC[C@H](O)c1ccc(O)c(CO)c1. The number of hydrogen-bond acceptors (Lipinski definition) is 6. The maximum atomic E-state index is 13.7. The molecule has 0 aromatic heterocycles. The maximum Gasteiger partial charge on any atom is 0.248 e. The molecule has 0 saturated heterocycles. The second-order valence-corrected chi connectivity index (χ2v) is 12.3. The van der Waals surface area contributed by atoms with Crippen molar-refractivity contribution < 1.29 is 24.9 Å². The van der Waals surface area contributed by atoms with Crippen LogP contribution in [0.1, 0.15) is 56.8 Å². The van der Waals surface area contributed by atoms with Crippen LogP contribution in [0.4, 0.5) is 0 Å². The number of carbonyl (C=O) groups excluding carboxylic acids is 2. The molecule has 0 saturated carbocycles. The Kier molecular flexibility index (Phi) is 12.6. The van der Waals surface area contributed by atoms with Gasteiger partial charge in [-0.2, -0.15) is 0 Å². The maximum absolute atomic E-state index is 13.7. The van der Waals surface area contributed by atoms with Crippen LogP contribution in [0.5, 0.6) is 5.75 Å². The first-order valence-electron chi connectivity index (χ1n) is 15.0. The molecule has 46 heavy (non-hydrogen) atoms. The van der Waals surface area contributed by atoms with Crippen LogP contribution in [0.3, 0.4) is 0 Å². The predicted molar refractivity (Wildman–Crippen MR) is 181 cm³/mol. The Bertz CT molecular complexity index is 1650. The van der Waals surface area contributed by atoms with Crippen molar-refractivity contribution in [2.75, 3.05) is 13.1 Å². The molecule has 242 valence electrons. The van der Waals surface area contributed by atoms with Crippen molar-refractivity contribution in [3.63, 3.8) is 0 Å². The van der Waals surface area contributed by atoms with Gasteiger partial charge in [0.15, 0.2) is 0 Å². The lowest BCUT2D eigenvalue weighted by atomic mass is 10.0. The average Bonchev–Trinajstić information content (AvgIpc) is 3.04. The van der Waals surface area contributed by atoms with Crippen molar-refractivity contribution in [2.45, 2.75) is 51.5 Å². The summed E-state index contributed by atoms with van der Waals surface area (Å²) in [6.45, 7) is 2.83. The number of primary amides is 1. The number of nitrogens with one attached hydrogen (secondary N) is 1. The molecule has 0 aliphatic carbocycles. The second-order valence-electron chi connectivity index (χ2n) is 11.4. The van der Waals surface area contributed by atoms with E-state index >= 15 is 0 Å². The number of rotatable bonds is 15. The summed E-state index contributed by atoms with van der Waals surface area (Å²) in [7, 11) is 0. The van der Waals surface area contributed by atoms with Gasteiger partial charge in [-0.25, -0.2) is 0 Å². The Hall–Kier alpha value is -3.92. The number of aliphatic hydroxyl groups excluding tert-OH is 2. The van der Waals surface area contributed by atoms with Crippen LogP contribution in [-0.2, 0) is 37.2 Å². The fourth-order valence-electron chi connectivity index (χ4n) is 5.19. The van der Waals surface area contributed by atoms with Gasteiger partial charge in [0.2, 0.25) is 11.8 Å². The van der Waals surface area contributed by atoms with Crippen LogP contribution in [0, 0.1) is 0 Å². The standard InChI is InChI=1S/C36H39Cl2N3O5/c1-23(40-20-34(44)29-10-12-33(43)30(19-29)22-42)15-26-3-2-4-27(16-26)18-35(45)41(14-13-24-7-11-31(37)32(38)17-24)21-25-5-8-28(9-6-25)36(39)46/h2-12,16-17,19,23,34,40,42-44H,13-15,18,20-22H2,1H3,(H2,39,46)/t23-,34+/m1/s1. The smallest absolute Gasteiger partial charge is 0.248 e. The topological polar surface area (TPSA) is 136 Å². The Morgan fingerprint density at radius 2 is 1.61 bits per heavy atom. The molecule has 4 rings (SSSR count). The fourth-order valence-corrected chi connectivity index (χ4v) is 5.52. The van der Waals surface area contributed by atoms with Gasteiger partial charge >= 0.3 is 0 Å². The lowest BCUT2D eigenvalue weighted by Crippen LogP contribution is -2.34. The third kappa shape index (κ3) is 10.0. The molecule has 0 bridgehead atoms. The lowest BCUT2D eigenvalue weighted by molar-refractivity contribution is -0.131. The van der Waals surface area contributed by atoms with Crippen LogP contribution in [0.2, 0.25) is 10.0 Å². The molecule has 0 unspecified atom stereocenters. The highest BCUT2D eigenvalue weighted by Crippen LogP contribution is 2.24. The molecule has 0 aliphatic rings. The number of nitrogens with zero attached hydrogens (tertiary/aromatic N) is 1. The van der Waals surface area contributed by atoms with Crippen LogP contribution < -0.4 is 11.1 Å². The molecule has 4 aromatic rings. The summed E-state index contributed by atoms with van der Waals surface area (Å²) >= 11 is 12.3. The molecule has 4 aromatic carbocycles. The molecule has 10 heteroatoms. The van der Waals surface area contributed by atoms with Gasteiger partial charge in [0.05, 0.1) is 29.2 Å². The van der Waals surface area contributed by atoms with E-state index in [0.29, 0.717) is 59.2 Å². The number of halogens is 2. The third-order valence-corrected chi connectivity index (χ3v) is 8.56. The van der Waals surface area contributed by atoms with Gasteiger partial charge in [-0.3, -0.25) is 9.59 Å². The summed E-state index contributed by atoms with van der Waals surface area (Å²) in [5, 5.41) is 34.1. The highest BCUT2D eigenvalue weighted by molar-refractivity contribution is 6.42. The highest BCUT2D eigenvalue weighted by atomic mass is 35.5. The van der Waals surface area contributed by atoms with Crippen molar-refractivity contribution in [3.05, 3.63) is 134 Å². The van der Waals surface area contributed by atoms with Crippen LogP contribution in [-0.4, -0.2) is 51.2 Å². The van der Waals surface area contributed by atoms with Gasteiger partial charge in [0.1, 0.15) is 5.75 Å². The molecule has 2 atom stereocenters. The minimum Gasteiger partial charge on any atom is -0.508 e. The second kappa shape index (κ2) is 16.6. The number of carbonyl (C=O) groups is 2. The predicted octanol–water partition coefficient (Wildman–Crippen LogP) is 5.36. The van der Waals surface area contributed by atoms with E-state index in [1.165, 1.54) is 6.07 Å². The van der Waals surface area contributed by atoms with Gasteiger partial charge in [0.25, 0.3) is 0 Å². The van der Waals surface area contributed by atoms with Crippen molar-refractivity contribution in [1.29, 1.82) is 0 Å². The minimum absolute atomic E-state index is 0.00779. The number of phenols is 1. The summed E-state index contributed by atoms with van der Waals surface area (Å²) in [4.78, 5) is 27.0. The Morgan fingerprint density at radius 1 is 0.891 bits per heavy atom. The molecule has 6 N–H and O–H groups in total. The normalized spacial score (nSPS) is 12.5. The molecule has 0 spiro atoms. The van der Waals surface area contributed by atoms with E-state index in [4.69, 9.17) is 28.9 Å². The van der Waals surface area contributed by atoms with E-state index in [0.717, 1.165) is 22.3 Å². The molecule has 2 amide bonds. The zero-order chi connectivity index (χ0) is 33.2. The summed E-state index contributed by atoms with van der Waals surface area (Å²) in [6.07, 6.45) is 0.671. The largest absolute Gasteiger partial charge is 0.508 e. The molecule has 0 heterocycles. The lowest BCUT2D eigenvalue weighted by Gasteiger charge is -2.24. The summed E-state index contributed by atoms with van der Waals surface area (Å²) in [5.74, 6) is -0.554. The first-order chi connectivity index (χ1) is 22.0.